The molecule has 7 heteroatoms. The molecule has 0 heterocycles. The number of rotatable bonds is 10. The van der Waals surface area contributed by atoms with E-state index in [1.54, 1.807) is 13.0 Å². The molecule has 0 saturated heterocycles. The summed E-state index contributed by atoms with van der Waals surface area (Å²) in [6.45, 7) is 8.48. The highest BCUT2D eigenvalue weighted by atomic mass is 16.6. The third-order valence-electron chi connectivity index (χ3n) is 3.65. The van der Waals surface area contributed by atoms with Crippen molar-refractivity contribution in [3.8, 4) is 11.5 Å². The first-order chi connectivity index (χ1) is 13.5. The van der Waals surface area contributed by atoms with Crippen LogP contribution >= 0.6 is 0 Å². The largest absolute Gasteiger partial charge is 0.494 e. The number of esters is 1. The minimum Gasteiger partial charge on any atom is -0.494 e. The van der Waals surface area contributed by atoms with Crippen LogP contribution in [0, 0.1) is 0 Å². The molecular weight excluding hydrogens is 362 g/mol. The molecule has 28 heavy (non-hydrogen) atoms. The van der Waals surface area contributed by atoms with Gasteiger partial charge in [0.1, 0.15) is 18.1 Å². The Hall–Kier alpha value is -3.06. The Morgan fingerprint density at radius 1 is 1.11 bits per heavy atom. The molecule has 0 unspecified atom stereocenters. The van der Waals surface area contributed by atoms with Gasteiger partial charge in [-0.2, -0.15) is 0 Å². The van der Waals surface area contributed by atoms with Crippen molar-refractivity contribution >= 4 is 22.8 Å². The first kappa shape index (κ1) is 21.2. The van der Waals surface area contributed by atoms with Crippen LogP contribution in [0.15, 0.2) is 48.6 Å². The lowest BCUT2D eigenvalue weighted by Gasteiger charge is -2.10. The van der Waals surface area contributed by atoms with E-state index in [9.17, 15) is 9.59 Å². The second-order valence-electron chi connectivity index (χ2n) is 5.92. The molecule has 0 saturated carbocycles. The van der Waals surface area contributed by atoms with Gasteiger partial charge in [-0.3, -0.25) is 0 Å². The molecule has 150 valence electrons. The Morgan fingerprint density at radius 2 is 1.93 bits per heavy atom. The number of carbonyl (C=O) groups excluding carboxylic acids is 2. The van der Waals surface area contributed by atoms with E-state index in [1.807, 2.05) is 37.3 Å². The van der Waals surface area contributed by atoms with Gasteiger partial charge in [-0.25, -0.2) is 9.59 Å². The van der Waals surface area contributed by atoms with E-state index in [-0.39, 0.29) is 26.4 Å². The van der Waals surface area contributed by atoms with Crippen molar-refractivity contribution in [2.24, 2.45) is 0 Å². The quantitative estimate of drug-likeness (QED) is 0.382. The Balaban J connectivity index is 1.74. The van der Waals surface area contributed by atoms with Gasteiger partial charge in [0.25, 0.3) is 0 Å². The van der Waals surface area contributed by atoms with Gasteiger partial charge in [-0.05, 0) is 43.5 Å². The van der Waals surface area contributed by atoms with Crippen LogP contribution in [0.1, 0.15) is 13.8 Å². The lowest BCUT2D eigenvalue weighted by molar-refractivity contribution is -0.140. The summed E-state index contributed by atoms with van der Waals surface area (Å²) in [5, 5.41) is 4.35. The third kappa shape index (κ3) is 6.59. The van der Waals surface area contributed by atoms with Gasteiger partial charge in [0.05, 0.1) is 19.8 Å². The van der Waals surface area contributed by atoms with Crippen LogP contribution in [0.4, 0.5) is 4.79 Å². The molecule has 0 atom stereocenters. The summed E-state index contributed by atoms with van der Waals surface area (Å²) in [4.78, 5) is 23.2. The fraction of sp³-hybridized carbons (Fsp3) is 0.333. The average Bonchev–Trinajstić information content (AvgIpc) is 2.67. The van der Waals surface area contributed by atoms with Crippen molar-refractivity contribution < 1.29 is 28.5 Å². The van der Waals surface area contributed by atoms with E-state index < -0.39 is 12.1 Å². The van der Waals surface area contributed by atoms with E-state index >= 15 is 0 Å². The van der Waals surface area contributed by atoms with Gasteiger partial charge >= 0.3 is 12.1 Å². The lowest BCUT2D eigenvalue weighted by atomic mass is 10.1. The number of fused-ring (bicyclic) bond motifs is 1. The van der Waals surface area contributed by atoms with Crippen LogP contribution < -0.4 is 14.8 Å². The number of ether oxygens (including phenoxy) is 4. The summed E-state index contributed by atoms with van der Waals surface area (Å²) in [6, 6.07) is 11.1. The molecule has 0 aliphatic rings. The first-order valence-electron chi connectivity index (χ1n) is 9.03. The molecular formula is C21H25NO6. The predicted molar refractivity (Wildman–Crippen MR) is 106 cm³/mol. The topological polar surface area (TPSA) is 83.1 Å². The monoisotopic (exact) mass is 387 g/mol. The Labute approximate surface area is 164 Å². The Kier molecular flexibility index (Phi) is 8.30. The number of nitrogens with one attached hydrogen (secondary N) is 1. The normalized spacial score (nSPS) is 10.4. The van der Waals surface area contributed by atoms with Crippen molar-refractivity contribution in [1.82, 2.24) is 5.32 Å². The number of benzene rings is 2. The van der Waals surface area contributed by atoms with Crippen LogP contribution in [-0.4, -0.2) is 45.0 Å². The van der Waals surface area contributed by atoms with Gasteiger partial charge < -0.3 is 24.3 Å². The predicted octanol–water partition coefficient (Wildman–Crippen LogP) is 3.46. The summed E-state index contributed by atoms with van der Waals surface area (Å²) >= 11 is 0. The van der Waals surface area contributed by atoms with E-state index in [4.69, 9.17) is 18.9 Å². The maximum Gasteiger partial charge on any atom is 0.412 e. The summed E-state index contributed by atoms with van der Waals surface area (Å²) < 4.78 is 21.0. The van der Waals surface area contributed by atoms with E-state index in [2.05, 4.69) is 11.9 Å². The highest BCUT2D eigenvalue weighted by molar-refractivity contribution is 5.91. The minimum absolute atomic E-state index is 0.135. The highest BCUT2D eigenvalue weighted by Crippen LogP contribution is 2.28. The molecule has 0 aliphatic heterocycles. The molecule has 0 spiro atoms. The molecule has 2 aromatic carbocycles. The third-order valence-corrected chi connectivity index (χ3v) is 3.65. The average molecular weight is 387 g/mol. The van der Waals surface area contributed by atoms with Crippen LogP contribution in [0.25, 0.3) is 10.8 Å². The molecule has 2 rings (SSSR count). The second kappa shape index (κ2) is 10.9. The van der Waals surface area contributed by atoms with Crippen LogP contribution in [0.3, 0.4) is 0 Å². The molecule has 2 aromatic rings. The van der Waals surface area contributed by atoms with Crippen LogP contribution in [-0.2, 0) is 14.3 Å². The summed E-state index contributed by atoms with van der Waals surface area (Å²) in [6.07, 6.45) is -0.571. The number of hydrogen-bond donors (Lipinski definition) is 1. The maximum atomic E-state index is 12.0. The zero-order chi connectivity index (χ0) is 20.4. The molecule has 0 fully saturated rings. The van der Waals surface area contributed by atoms with Crippen molar-refractivity contribution in [1.29, 1.82) is 0 Å². The first-order valence-corrected chi connectivity index (χ1v) is 9.03. The molecule has 0 aliphatic carbocycles. The van der Waals surface area contributed by atoms with Crippen molar-refractivity contribution in [2.75, 3.05) is 33.0 Å². The molecule has 0 aromatic heterocycles. The van der Waals surface area contributed by atoms with Crippen LogP contribution in [0.5, 0.6) is 11.5 Å². The number of hydrogen-bond acceptors (Lipinski definition) is 6. The summed E-state index contributed by atoms with van der Waals surface area (Å²) in [5.74, 6) is 0.780. The minimum atomic E-state index is -0.571. The lowest BCUT2D eigenvalue weighted by Crippen LogP contribution is -2.30. The standard InChI is InChI=1S/C21H25NO6/c1-4-26-17-8-9-18-16(14-17)6-5-7-19(18)28-21(24)22-10-11-25-12-13-27-20(23)15(2)3/h5-9,14H,2,4,10-13H2,1,3H3,(H,22,24). The summed E-state index contributed by atoms with van der Waals surface area (Å²) in [5.41, 5.74) is 0.340. The van der Waals surface area contributed by atoms with Gasteiger partial charge in [0.2, 0.25) is 0 Å². The number of carbonyl (C=O) groups is 2. The SMILES string of the molecule is C=C(C)C(=O)OCCOCCNC(=O)Oc1cccc2cc(OCC)ccc12. The fourth-order valence-corrected chi connectivity index (χ4v) is 2.36. The van der Waals surface area contributed by atoms with Crippen molar-refractivity contribution in [2.45, 2.75) is 13.8 Å². The van der Waals surface area contributed by atoms with E-state index in [0.29, 0.717) is 17.9 Å². The van der Waals surface area contributed by atoms with E-state index in [1.165, 1.54) is 0 Å². The van der Waals surface area contributed by atoms with Gasteiger partial charge in [0.15, 0.2) is 0 Å². The second-order valence-corrected chi connectivity index (χ2v) is 5.92. The van der Waals surface area contributed by atoms with E-state index in [0.717, 1.165) is 16.5 Å². The number of amides is 1. The zero-order valence-corrected chi connectivity index (χ0v) is 16.2. The van der Waals surface area contributed by atoms with Gasteiger partial charge in [0, 0.05) is 17.5 Å². The molecule has 0 bridgehead atoms. The zero-order valence-electron chi connectivity index (χ0n) is 16.2. The van der Waals surface area contributed by atoms with Crippen LogP contribution in [0.2, 0.25) is 0 Å². The van der Waals surface area contributed by atoms with Gasteiger partial charge in [-0.1, -0.05) is 18.7 Å². The molecule has 7 nitrogen and oxygen atoms in total. The highest BCUT2D eigenvalue weighted by Gasteiger charge is 2.08. The Bertz CT molecular complexity index is 833. The van der Waals surface area contributed by atoms with Gasteiger partial charge in [-0.15, -0.1) is 0 Å². The molecule has 1 amide bonds. The molecule has 0 radical (unpaired) electrons. The fourth-order valence-electron chi connectivity index (χ4n) is 2.36. The smallest absolute Gasteiger partial charge is 0.412 e. The summed E-state index contributed by atoms with van der Waals surface area (Å²) in [7, 11) is 0. The molecule has 1 N–H and O–H groups in total. The van der Waals surface area contributed by atoms with Crippen molar-refractivity contribution in [3.05, 3.63) is 48.6 Å². The Morgan fingerprint density at radius 3 is 2.68 bits per heavy atom. The maximum absolute atomic E-state index is 12.0. The van der Waals surface area contributed by atoms with Crippen molar-refractivity contribution in [3.63, 3.8) is 0 Å².